The first-order chi connectivity index (χ1) is 12.7. The van der Waals surface area contributed by atoms with Gasteiger partial charge in [0.1, 0.15) is 0 Å². The standard InChI is InChI=1S/C16H21F4N3O4/c17-11-7-21-23(8-11)12-1-2-15(26-10-12)3-5-22(6-4-15)14(25)27-13(9-24)16(18,19)20/h7-8,12-13,24H,1-6,9-10H2/t12?,13-/m1/s1. The van der Waals surface area contributed by atoms with E-state index in [4.69, 9.17) is 9.84 Å². The van der Waals surface area contributed by atoms with Crippen LogP contribution in [0.3, 0.4) is 0 Å². The molecule has 0 bridgehead atoms. The minimum absolute atomic E-state index is 0.0692. The zero-order valence-electron chi connectivity index (χ0n) is 14.5. The van der Waals surface area contributed by atoms with Gasteiger partial charge in [0.2, 0.25) is 6.10 Å². The summed E-state index contributed by atoms with van der Waals surface area (Å²) in [5, 5.41) is 12.7. The third-order valence-electron chi connectivity index (χ3n) is 5.17. The van der Waals surface area contributed by atoms with Crippen LogP contribution in [0, 0.1) is 5.82 Å². The summed E-state index contributed by atoms with van der Waals surface area (Å²) < 4.78 is 62.8. The summed E-state index contributed by atoms with van der Waals surface area (Å²) in [6.07, 6.45) is -3.64. The Morgan fingerprint density at radius 3 is 2.59 bits per heavy atom. The molecular weight excluding hydrogens is 374 g/mol. The monoisotopic (exact) mass is 395 g/mol. The summed E-state index contributed by atoms with van der Waals surface area (Å²) in [5.74, 6) is -0.415. The van der Waals surface area contributed by atoms with Gasteiger partial charge in [0, 0.05) is 13.1 Å². The van der Waals surface area contributed by atoms with Crippen LogP contribution in [0.4, 0.5) is 22.4 Å². The smallest absolute Gasteiger partial charge is 0.427 e. The number of aliphatic hydroxyl groups excluding tert-OH is 1. The molecule has 0 saturated carbocycles. The first-order valence-electron chi connectivity index (χ1n) is 8.69. The third-order valence-corrected chi connectivity index (χ3v) is 5.17. The zero-order valence-corrected chi connectivity index (χ0v) is 14.5. The lowest BCUT2D eigenvalue weighted by Crippen LogP contribution is -2.51. The highest BCUT2D eigenvalue weighted by Crippen LogP contribution is 2.38. The molecule has 1 aromatic rings. The van der Waals surface area contributed by atoms with Crippen molar-refractivity contribution >= 4 is 6.09 Å². The number of piperidine rings is 1. The Morgan fingerprint density at radius 2 is 2.11 bits per heavy atom. The van der Waals surface area contributed by atoms with E-state index < -0.39 is 36.4 Å². The lowest BCUT2D eigenvalue weighted by atomic mass is 9.83. The van der Waals surface area contributed by atoms with Gasteiger partial charge in [-0.1, -0.05) is 0 Å². The number of amides is 1. The van der Waals surface area contributed by atoms with Crippen LogP contribution >= 0.6 is 0 Å². The topological polar surface area (TPSA) is 76.8 Å². The zero-order chi connectivity index (χ0) is 19.7. The van der Waals surface area contributed by atoms with Crippen molar-refractivity contribution < 1.29 is 36.9 Å². The Bertz CT molecular complexity index is 648. The van der Waals surface area contributed by atoms with Gasteiger partial charge in [0.25, 0.3) is 0 Å². The molecule has 152 valence electrons. The van der Waals surface area contributed by atoms with Crippen LogP contribution in [0.15, 0.2) is 12.4 Å². The van der Waals surface area contributed by atoms with Gasteiger partial charge in [-0.05, 0) is 25.7 Å². The van der Waals surface area contributed by atoms with E-state index in [1.54, 1.807) is 0 Å². The Hall–Kier alpha value is -1.88. The van der Waals surface area contributed by atoms with Crippen molar-refractivity contribution in [2.75, 3.05) is 26.3 Å². The predicted molar refractivity (Wildman–Crippen MR) is 83.4 cm³/mol. The van der Waals surface area contributed by atoms with E-state index in [0.717, 1.165) is 12.6 Å². The molecule has 2 atom stereocenters. The number of hydrogen-bond acceptors (Lipinski definition) is 5. The number of ether oxygens (including phenoxy) is 2. The maximum absolute atomic E-state index is 13.1. The van der Waals surface area contributed by atoms with Crippen LogP contribution in [0.5, 0.6) is 0 Å². The van der Waals surface area contributed by atoms with Crippen molar-refractivity contribution in [3.05, 3.63) is 18.2 Å². The first kappa shape index (κ1) is 19.9. The van der Waals surface area contributed by atoms with E-state index in [1.165, 1.54) is 15.8 Å². The van der Waals surface area contributed by atoms with Gasteiger partial charge in [-0.3, -0.25) is 4.68 Å². The average Bonchev–Trinajstić information content (AvgIpc) is 3.06. The molecule has 7 nitrogen and oxygen atoms in total. The molecule has 0 aromatic carbocycles. The van der Waals surface area contributed by atoms with E-state index in [1.807, 2.05) is 0 Å². The second-order valence-electron chi connectivity index (χ2n) is 6.91. The van der Waals surface area contributed by atoms with Crippen LogP contribution in [0.25, 0.3) is 0 Å². The molecule has 0 aliphatic carbocycles. The maximum atomic E-state index is 13.1. The normalized spacial score (nSPS) is 24.0. The molecule has 3 rings (SSSR count). The number of aliphatic hydroxyl groups is 1. The minimum atomic E-state index is -4.81. The molecule has 11 heteroatoms. The van der Waals surface area contributed by atoms with Gasteiger partial charge in [-0.15, -0.1) is 0 Å². The fourth-order valence-electron chi connectivity index (χ4n) is 3.48. The minimum Gasteiger partial charge on any atom is -0.434 e. The van der Waals surface area contributed by atoms with Crippen LogP contribution in [-0.2, 0) is 9.47 Å². The van der Waals surface area contributed by atoms with Crippen molar-refractivity contribution in [1.82, 2.24) is 14.7 Å². The van der Waals surface area contributed by atoms with Crippen molar-refractivity contribution in [3.8, 4) is 0 Å². The van der Waals surface area contributed by atoms with Gasteiger partial charge in [0.15, 0.2) is 5.82 Å². The van der Waals surface area contributed by atoms with E-state index in [2.05, 4.69) is 9.84 Å². The number of alkyl halides is 3. The number of rotatable bonds is 3. The van der Waals surface area contributed by atoms with E-state index in [9.17, 15) is 22.4 Å². The highest BCUT2D eigenvalue weighted by Gasteiger charge is 2.45. The molecular formula is C16H21F4N3O4. The SMILES string of the molecule is O=C(O[C@H](CO)C(F)(F)F)N1CCC2(CCC(n3cc(F)cn3)CO2)CC1. The second kappa shape index (κ2) is 7.63. The van der Waals surface area contributed by atoms with E-state index in [0.29, 0.717) is 25.9 Å². The van der Waals surface area contributed by atoms with Crippen LogP contribution in [0.2, 0.25) is 0 Å². The van der Waals surface area contributed by atoms with Crippen molar-refractivity contribution in [2.45, 2.75) is 49.6 Å². The number of aromatic nitrogens is 2. The Morgan fingerprint density at radius 1 is 1.41 bits per heavy atom. The number of likely N-dealkylation sites (tertiary alicyclic amines) is 1. The number of halogens is 4. The summed E-state index contributed by atoms with van der Waals surface area (Å²) in [6.45, 7) is -0.552. The van der Waals surface area contributed by atoms with Crippen LogP contribution in [-0.4, -0.2) is 70.1 Å². The largest absolute Gasteiger partial charge is 0.434 e. The molecule has 2 fully saturated rings. The van der Waals surface area contributed by atoms with Crippen molar-refractivity contribution in [1.29, 1.82) is 0 Å². The molecule has 2 saturated heterocycles. The molecule has 2 aliphatic rings. The van der Waals surface area contributed by atoms with Gasteiger partial charge in [0.05, 0.1) is 37.3 Å². The number of hydrogen-bond donors (Lipinski definition) is 1. The third kappa shape index (κ3) is 4.52. The Kier molecular flexibility index (Phi) is 5.61. The van der Waals surface area contributed by atoms with Crippen LogP contribution in [0.1, 0.15) is 31.7 Å². The maximum Gasteiger partial charge on any atom is 0.427 e. The highest BCUT2D eigenvalue weighted by molar-refractivity contribution is 5.68. The number of carbonyl (C=O) groups excluding carboxylic acids is 1. The summed E-state index contributed by atoms with van der Waals surface area (Å²) >= 11 is 0. The highest BCUT2D eigenvalue weighted by atomic mass is 19.4. The van der Waals surface area contributed by atoms with Crippen molar-refractivity contribution in [3.63, 3.8) is 0 Å². The molecule has 1 N–H and O–H groups in total. The van der Waals surface area contributed by atoms with E-state index >= 15 is 0 Å². The molecule has 1 unspecified atom stereocenters. The van der Waals surface area contributed by atoms with Gasteiger partial charge in [-0.2, -0.15) is 18.3 Å². The van der Waals surface area contributed by atoms with E-state index in [-0.39, 0.29) is 19.1 Å². The van der Waals surface area contributed by atoms with Crippen molar-refractivity contribution in [2.24, 2.45) is 0 Å². The summed E-state index contributed by atoms with van der Waals surface area (Å²) in [7, 11) is 0. The van der Waals surface area contributed by atoms with Gasteiger partial charge >= 0.3 is 12.3 Å². The molecule has 27 heavy (non-hydrogen) atoms. The first-order valence-corrected chi connectivity index (χ1v) is 8.69. The Labute approximate surface area is 152 Å². The summed E-state index contributed by atoms with van der Waals surface area (Å²) in [5.41, 5.74) is -0.445. The van der Waals surface area contributed by atoms with Gasteiger partial charge < -0.3 is 19.5 Å². The quantitative estimate of drug-likeness (QED) is 0.795. The Balaban J connectivity index is 1.49. The lowest BCUT2D eigenvalue weighted by Gasteiger charge is -2.45. The van der Waals surface area contributed by atoms with Gasteiger partial charge in [-0.25, -0.2) is 9.18 Å². The second-order valence-corrected chi connectivity index (χ2v) is 6.91. The molecule has 2 aliphatic heterocycles. The summed E-state index contributed by atoms with van der Waals surface area (Å²) in [4.78, 5) is 13.1. The molecule has 1 spiro atoms. The molecule has 3 heterocycles. The lowest BCUT2D eigenvalue weighted by molar-refractivity contribution is -0.215. The average molecular weight is 395 g/mol. The molecule has 1 aromatic heterocycles. The number of carbonyl (C=O) groups is 1. The van der Waals surface area contributed by atoms with Crippen LogP contribution < -0.4 is 0 Å². The number of nitrogens with zero attached hydrogens (tertiary/aromatic N) is 3. The molecule has 1 amide bonds. The fourth-order valence-corrected chi connectivity index (χ4v) is 3.48. The summed E-state index contributed by atoms with van der Waals surface area (Å²) in [6, 6.07) is -0.0692. The molecule has 0 radical (unpaired) electrons. The predicted octanol–water partition coefficient (Wildman–Crippen LogP) is 2.27. The fraction of sp³-hybridized carbons (Fsp3) is 0.750.